The SMILES string of the molecule is CCOC(=O)c1ccccc1N(CC(=O)NC(C)(C)C)C(C)=O. The first-order valence-electron chi connectivity index (χ1n) is 7.51. The third kappa shape index (κ3) is 5.73. The van der Waals surface area contributed by atoms with Crippen molar-refractivity contribution in [3.05, 3.63) is 29.8 Å². The number of nitrogens with zero attached hydrogens (tertiary/aromatic N) is 1. The van der Waals surface area contributed by atoms with Gasteiger partial charge >= 0.3 is 5.97 Å². The molecule has 6 heteroatoms. The highest BCUT2D eigenvalue weighted by Gasteiger charge is 2.23. The molecule has 0 saturated carbocycles. The van der Waals surface area contributed by atoms with Crippen LogP contribution in [0.25, 0.3) is 0 Å². The number of rotatable bonds is 5. The van der Waals surface area contributed by atoms with E-state index in [1.165, 1.54) is 11.8 Å². The van der Waals surface area contributed by atoms with Gasteiger partial charge in [-0.3, -0.25) is 9.59 Å². The van der Waals surface area contributed by atoms with Gasteiger partial charge < -0.3 is 15.0 Å². The number of anilines is 1. The van der Waals surface area contributed by atoms with Crippen LogP contribution in [0, 0.1) is 0 Å². The van der Waals surface area contributed by atoms with Crippen molar-refractivity contribution in [2.24, 2.45) is 0 Å². The molecule has 0 aliphatic rings. The number of hydrogen-bond acceptors (Lipinski definition) is 4. The van der Waals surface area contributed by atoms with Crippen molar-refractivity contribution in [3.8, 4) is 0 Å². The van der Waals surface area contributed by atoms with Gasteiger partial charge in [0.25, 0.3) is 0 Å². The van der Waals surface area contributed by atoms with E-state index in [4.69, 9.17) is 4.74 Å². The topological polar surface area (TPSA) is 75.7 Å². The lowest BCUT2D eigenvalue weighted by Gasteiger charge is -2.26. The Morgan fingerprint density at radius 2 is 1.78 bits per heavy atom. The molecule has 1 aromatic carbocycles. The predicted octanol–water partition coefficient (Wildman–Crippen LogP) is 2.13. The maximum Gasteiger partial charge on any atom is 0.340 e. The highest BCUT2D eigenvalue weighted by molar-refractivity contribution is 6.04. The Morgan fingerprint density at radius 1 is 1.17 bits per heavy atom. The number of benzene rings is 1. The van der Waals surface area contributed by atoms with Crippen molar-refractivity contribution in [3.63, 3.8) is 0 Å². The number of carbonyl (C=O) groups excluding carboxylic acids is 3. The number of carbonyl (C=O) groups is 3. The van der Waals surface area contributed by atoms with Gasteiger partial charge in [0.2, 0.25) is 11.8 Å². The minimum absolute atomic E-state index is 0.164. The fourth-order valence-corrected chi connectivity index (χ4v) is 2.06. The fraction of sp³-hybridized carbons (Fsp3) is 0.471. The minimum Gasteiger partial charge on any atom is -0.462 e. The van der Waals surface area contributed by atoms with Gasteiger partial charge in [0.05, 0.1) is 17.9 Å². The van der Waals surface area contributed by atoms with Crippen molar-refractivity contribution in [2.45, 2.75) is 40.2 Å². The number of hydrogen-bond donors (Lipinski definition) is 1. The molecule has 6 nitrogen and oxygen atoms in total. The summed E-state index contributed by atoms with van der Waals surface area (Å²) in [6.07, 6.45) is 0. The summed E-state index contributed by atoms with van der Waals surface area (Å²) in [7, 11) is 0. The van der Waals surface area contributed by atoms with Gasteiger partial charge in [0, 0.05) is 12.5 Å². The Balaban J connectivity index is 3.10. The second-order valence-electron chi connectivity index (χ2n) is 6.14. The highest BCUT2D eigenvalue weighted by Crippen LogP contribution is 2.21. The first-order valence-corrected chi connectivity index (χ1v) is 7.51. The quantitative estimate of drug-likeness (QED) is 0.843. The minimum atomic E-state index is -0.523. The van der Waals surface area contributed by atoms with E-state index >= 15 is 0 Å². The average Bonchev–Trinajstić information content (AvgIpc) is 2.43. The first-order chi connectivity index (χ1) is 10.7. The van der Waals surface area contributed by atoms with Crippen LogP contribution in [0.3, 0.4) is 0 Å². The zero-order valence-electron chi connectivity index (χ0n) is 14.3. The van der Waals surface area contributed by atoms with Crippen LogP contribution in [0.1, 0.15) is 45.0 Å². The Morgan fingerprint density at radius 3 is 2.30 bits per heavy atom. The maximum atomic E-state index is 12.1. The van der Waals surface area contributed by atoms with Gasteiger partial charge in [0.1, 0.15) is 6.54 Å². The van der Waals surface area contributed by atoms with Gasteiger partial charge in [-0.15, -0.1) is 0 Å². The van der Waals surface area contributed by atoms with Crippen LogP contribution in [0.2, 0.25) is 0 Å². The second-order valence-corrected chi connectivity index (χ2v) is 6.14. The molecule has 0 bridgehead atoms. The van der Waals surface area contributed by atoms with Gasteiger partial charge in [-0.1, -0.05) is 12.1 Å². The van der Waals surface area contributed by atoms with Gasteiger partial charge in [-0.2, -0.15) is 0 Å². The fourth-order valence-electron chi connectivity index (χ4n) is 2.06. The second kappa shape index (κ2) is 7.76. The van der Waals surface area contributed by atoms with E-state index in [-0.39, 0.29) is 30.5 Å². The van der Waals surface area contributed by atoms with E-state index in [1.807, 2.05) is 20.8 Å². The summed E-state index contributed by atoms with van der Waals surface area (Å²) in [5, 5.41) is 2.80. The predicted molar refractivity (Wildman–Crippen MR) is 88.3 cm³/mol. The molecule has 0 fully saturated rings. The average molecular weight is 320 g/mol. The lowest BCUT2D eigenvalue weighted by atomic mass is 10.1. The number of amides is 2. The Hall–Kier alpha value is -2.37. The molecule has 1 aromatic rings. The molecule has 0 spiro atoms. The maximum absolute atomic E-state index is 12.1. The van der Waals surface area contributed by atoms with Crippen LogP contribution >= 0.6 is 0 Å². The number of nitrogens with one attached hydrogen (secondary N) is 1. The van der Waals surface area contributed by atoms with Gasteiger partial charge in [0.15, 0.2) is 0 Å². The Bertz CT molecular complexity index is 591. The van der Waals surface area contributed by atoms with E-state index in [1.54, 1.807) is 31.2 Å². The van der Waals surface area contributed by atoms with Crippen molar-refractivity contribution in [2.75, 3.05) is 18.1 Å². The molecule has 126 valence electrons. The molecule has 0 unspecified atom stereocenters. The summed E-state index contributed by atoms with van der Waals surface area (Å²) in [5.74, 6) is -1.15. The van der Waals surface area contributed by atoms with Gasteiger partial charge in [-0.05, 0) is 39.8 Å². The van der Waals surface area contributed by atoms with Crippen molar-refractivity contribution < 1.29 is 19.1 Å². The standard InChI is InChI=1S/C17H24N2O4/c1-6-23-16(22)13-9-7-8-10-14(13)19(12(2)20)11-15(21)18-17(3,4)5/h7-10H,6,11H2,1-5H3,(H,18,21). The lowest BCUT2D eigenvalue weighted by molar-refractivity contribution is -0.124. The molecule has 0 aliphatic carbocycles. The third-order valence-corrected chi connectivity index (χ3v) is 2.89. The van der Waals surface area contributed by atoms with Crippen LogP contribution < -0.4 is 10.2 Å². The Kier molecular flexibility index (Phi) is 6.30. The van der Waals surface area contributed by atoms with Crippen molar-refractivity contribution in [1.82, 2.24) is 5.32 Å². The molecule has 1 N–H and O–H groups in total. The van der Waals surface area contributed by atoms with Crippen molar-refractivity contribution >= 4 is 23.5 Å². The zero-order valence-corrected chi connectivity index (χ0v) is 14.3. The molecule has 0 heterocycles. The molecule has 1 rings (SSSR count). The number of ether oxygens (including phenoxy) is 1. The van der Waals surface area contributed by atoms with Crippen LogP contribution in [0.5, 0.6) is 0 Å². The molecular weight excluding hydrogens is 296 g/mol. The molecule has 0 aromatic heterocycles. The largest absolute Gasteiger partial charge is 0.462 e. The summed E-state index contributed by atoms with van der Waals surface area (Å²) >= 11 is 0. The highest BCUT2D eigenvalue weighted by atomic mass is 16.5. The number of para-hydroxylation sites is 1. The number of esters is 1. The van der Waals surface area contributed by atoms with Crippen LogP contribution in [0.15, 0.2) is 24.3 Å². The lowest BCUT2D eigenvalue weighted by Crippen LogP contribution is -2.47. The molecule has 0 radical (unpaired) electrons. The van der Waals surface area contributed by atoms with Gasteiger partial charge in [-0.25, -0.2) is 4.79 Å². The molecule has 2 amide bonds. The van der Waals surface area contributed by atoms with E-state index in [0.717, 1.165) is 0 Å². The van der Waals surface area contributed by atoms with E-state index in [2.05, 4.69) is 5.32 Å². The summed E-state index contributed by atoms with van der Waals surface area (Å²) in [4.78, 5) is 37.4. The summed E-state index contributed by atoms with van der Waals surface area (Å²) < 4.78 is 5.01. The summed E-state index contributed by atoms with van der Waals surface area (Å²) in [6.45, 7) is 8.70. The monoisotopic (exact) mass is 320 g/mol. The molecule has 0 atom stereocenters. The van der Waals surface area contributed by atoms with Crippen LogP contribution in [0.4, 0.5) is 5.69 Å². The molecule has 23 heavy (non-hydrogen) atoms. The van der Waals surface area contributed by atoms with Crippen LogP contribution in [-0.4, -0.2) is 36.5 Å². The summed E-state index contributed by atoms with van der Waals surface area (Å²) in [6, 6.07) is 6.59. The normalized spacial score (nSPS) is 10.8. The first kappa shape index (κ1) is 18.7. The molecular formula is C17H24N2O4. The zero-order chi connectivity index (χ0) is 17.6. The molecule has 0 saturated heterocycles. The van der Waals surface area contributed by atoms with Crippen LogP contribution in [-0.2, 0) is 14.3 Å². The van der Waals surface area contributed by atoms with E-state index in [0.29, 0.717) is 5.69 Å². The Labute approximate surface area is 136 Å². The third-order valence-electron chi connectivity index (χ3n) is 2.89. The summed E-state index contributed by atoms with van der Waals surface area (Å²) in [5.41, 5.74) is 0.218. The smallest absolute Gasteiger partial charge is 0.340 e. The van der Waals surface area contributed by atoms with Crippen molar-refractivity contribution in [1.29, 1.82) is 0 Å². The van der Waals surface area contributed by atoms with E-state index < -0.39 is 11.5 Å². The van der Waals surface area contributed by atoms with E-state index in [9.17, 15) is 14.4 Å². The molecule has 0 aliphatic heterocycles.